The molecule has 5 heteroatoms. The maximum atomic E-state index is 12.6. The summed E-state index contributed by atoms with van der Waals surface area (Å²) in [5.74, 6) is 0.403. The van der Waals surface area contributed by atoms with Gasteiger partial charge in [-0.2, -0.15) is 0 Å². The van der Waals surface area contributed by atoms with E-state index in [1.807, 2.05) is 0 Å². The molecule has 2 saturated heterocycles. The highest BCUT2D eigenvalue weighted by Gasteiger charge is 2.60. The molecular formula is C15H26N2O3. The van der Waals surface area contributed by atoms with Crippen molar-refractivity contribution < 1.29 is 14.7 Å². The van der Waals surface area contributed by atoms with Crippen LogP contribution in [0.25, 0.3) is 0 Å². The zero-order chi connectivity index (χ0) is 15.1. The van der Waals surface area contributed by atoms with Crippen LogP contribution in [0.3, 0.4) is 0 Å². The number of β-lactam (4-membered cyclic amide) rings is 1. The van der Waals surface area contributed by atoms with E-state index in [2.05, 4.69) is 18.7 Å². The zero-order valence-corrected chi connectivity index (χ0v) is 12.9. The van der Waals surface area contributed by atoms with Crippen molar-refractivity contribution >= 4 is 11.7 Å². The molecular weight excluding hydrogens is 256 g/mol. The van der Waals surface area contributed by atoms with Crippen LogP contribution in [0.5, 0.6) is 0 Å². The SMILES string of the molecule is CC(=O)[C@H]([C@@H](C)O)N1C[C@]2(CCCN2CC(C)C)C1=O. The molecule has 114 valence electrons. The molecule has 0 radical (unpaired) electrons. The predicted octanol–water partition coefficient (Wildman–Crippen LogP) is 0.658. The fourth-order valence-corrected chi connectivity index (χ4v) is 3.70. The second-order valence-corrected chi connectivity index (χ2v) is 6.70. The van der Waals surface area contributed by atoms with Crippen LogP contribution >= 0.6 is 0 Å². The van der Waals surface area contributed by atoms with Gasteiger partial charge in [0.1, 0.15) is 11.6 Å². The van der Waals surface area contributed by atoms with Crippen molar-refractivity contribution in [3.8, 4) is 0 Å². The van der Waals surface area contributed by atoms with Crippen LogP contribution in [0, 0.1) is 5.92 Å². The Morgan fingerprint density at radius 3 is 2.50 bits per heavy atom. The maximum absolute atomic E-state index is 12.6. The number of aliphatic hydroxyl groups is 1. The van der Waals surface area contributed by atoms with Crippen molar-refractivity contribution in [2.75, 3.05) is 19.6 Å². The van der Waals surface area contributed by atoms with Gasteiger partial charge in [0.2, 0.25) is 5.91 Å². The van der Waals surface area contributed by atoms with Crippen LogP contribution in [0.4, 0.5) is 0 Å². The molecule has 2 fully saturated rings. The summed E-state index contributed by atoms with van der Waals surface area (Å²) in [6.45, 7) is 9.77. The lowest BCUT2D eigenvalue weighted by Crippen LogP contribution is -2.76. The minimum absolute atomic E-state index is 0.0248. The first-order valence-corrected chi connectivity index (χ1v) is 7.54. The van der Waals surface area contributed by atoms with Crippen LogP contribution in [-0.4, -0.2) is 63.9 Å². The first-order valence-electron chi connectivity index (χ1n) is 7.54. The average Bonchev–Trinajstić information content (AvgIpc) is 2.72. The van der Waals surface area contributed by atoms with Crippen molar-refractivity contribution in [3.63, 3.8) is 0 Å². The number of nitrogens with zero attached hydrogens (tertiary/aromatic N) is 2. The summed E-state index contributed by atoms with van der Waals surface area (Å²) in [6, 6.07) is -0.686. The van der Waals surface area contributed by atoms with Crippen LogP contribution in [0.15, 0.2) is 0 Å². The lowest BCUT2D eigenvalue weighted by Gasteiger charge is -2.54. The first kappa shape index (κ1) is 15.4. The van der Waals surface area contributed by atoms with Gasteiger partial charge < -0.3 is 10.0 Å². The molecule has 2 aliphatic rings. The topological polar surface area (TPSA) is 60.9 Å². The van der Waals surface area contributed by atoms with E-state index < -0.39 is 17.7 Å². The minimum Gasteiger partial charge on any atom is -0.391 e. The molecule has 0 unspecified atom stereocenters. The fourth-order valence-electron chi connectivity index (χ4n) is 3.70. The number of amides is 1. The molecule has 2 heterocycles. The number of Topliss-reactive ketones (excluding diaryl/α,β-unsaturated/α-hetero) is 1. The van der Waals surface area contributed by atoms with Crippen molar-refractivity contribution in [3.05, 3.63) is 0 Å². The summed E-state index contributed by atoms with van der Waals surface area (Å²) in [5, 5.41) is 9.75. The Morgan fingerprint density at radius 1 is 1.40 bits per heavy atom. The average molecular weight is 282 g/mol. The second-order valence-electron chi connectivity index (χ2n) is 6.70. The molecule has 1 amide bonds. The van der Waals surface area contributed by atoms with Gasteiger partial charge in [-0.15, -0.1) is 0 Å². The van der Waals surface area contributed by atoms with Gasteiger partial charge in [-0.05, 0) is 39.2 Å². The van der Waals surface area contributed by atoms with E-state index in [4.69, 9.17) is 0 Å². The lowest BCUT2D eigenvalue weighted by molar-refractivity contribution is -0.172. The van der Waals surface area contributed by atoms with Gasteiger partial charge in [0.25, 0.3) is 0 Å². The van der Waals surface area contributed by atoms with E-state index in [9.17, 15) is 14.7 Å². The molecule has 20 heavy (non-hydrogen) atoms. The third-order valence-corrected chi connectivity index (χ3v) is 4.51. The zero-order valence-electron chi connectivity index (χ0n) is 12.9. The molecule has 0 aromatic rings. The summed E-state index contributed by atoms with van der Waals surface area (Å²) in [6.07, 6.45) is 1.10. The van der Waals surface area contributed by atoms with Gasteiger partial charge in [-0.3, -0.25) is 14.5 Å². The Morgan fingerprint density at radius 2 is 2.05 bits per heavy atom. The van der Waals surface area contributed by atoms with Crippen molar-refractivity contribution in [2.45, 2.75) is 58.2 Å². The highest BCUT2D eigenvalue weighted by molar-refractivity contribution is 5.97. The molecule has 5 nitrogen and oxygen atoms in total. The maximum Gasteiger partial charge on any atom is 0.245 e. The number of likely N-dealkylation sites (tertiary alicyclic amines) is 2. The number of carbonyl (C=O) groups is 2. The van der Waals surface area contributed by atoms with E-state index >= 15 is 0 Å². The van der Waals surface area contributed by atoms with Crippen molar-refractivity contribution in [2.24, 2.45) is 5.92 Å². The highest BCUT2D eigenvalue weighted by Crippen LogP contribution is 2.40. The van der Waals surface area contributed by atoms with Gasteiger partial charge in [-0.25, -0.2) is 0 Å². The number of hydrogen-bond acceptors (Lipinski definition) is 4. The highest BCUT2D eigenvalue weighted by atomic mass is 16.3. The van der Waals surface area contributed by atoms with Gasteiger partial charge in [0, 0.05) is 13.1 Å². The van der Waals surface area contributed by atoms with Crippen LogP contribution in [0.1, 0.15) is 40.5 Å². The fraction of sp³-hybridized carbons (Fsp3) is 0.867. The Labute approximate surface area is 120 Å². The Bertz CT molecular complexity index is 408. The quantitative estimate of drug-likeness (QED) is 0.753. The number of rotatable bonds is 5. The Hall–Kier alpha value is -0.940. The second kappa shape index (κ2) is 5.45. The van der Waals surface area contributed by atoms with Gasteiger partial charge in [0.15, 0.2) is 5.78 Å². The van der Waals surface area contributed by atoms with Crippen LogP contribution < -0.4 is 0 Å². The smallest absolute Gasteiger partial charge is 0.245 e. The Balaban J connectivity index is 2.12. The molecule has 0 bridgehead atoms. The third-order valence-electron chi connectivity index (χ3n) is 4.51. The molecule has 2 rings (SSSR count). The van der Waals surface area contributed by atoms with Crippen LogP contribution in [0.2, 0.25) is 0 Å². The third kappa shape index (κ3) is 2.37. The summed E-state index contributed by atoms with van der Waals surface area (Å²) >= 11 is 0. The number of hydrogen-bond donors (Lipinski definition) is 1. The summed E-state index contributed by atoms with van der Waals surface area (Å²) in [4.78, 5) is 28.1. The molecule has 3 atom stereocenters. The van der Waals surface area contributed by atoms with Gasteiger partial charge >= 0.3 is 0 Å². The van der Waals surface area contributed by atoms with Gasteiger partial charge in [0.05, 0.1) is 6.10 Å². The van der Waals surface area contributed by atoms with E-state index in [1.54, 1.807) is 11.8 Å². The van der Waals surface area contributed by atoms with E-state index in [-0.39, 0.29) is 11.7 Å². The molecule has 1 N–H and O–H groups in total. The molecule has 0 aliphatic carbocycles. The molecule has 0 aromatic carbocycles. The summed E-state index contributed by atoms with van der Waals surface area (Å²) < 4.78 is 0. The number of carbonyl (C=O) groups excluding carboxylic acids is 2. The summed E-state index contributed by atoms with van der Waals surface area (Å²) in [7, 11) is 0. The largest absolute Gasteiger partial charge is 0.391 e. The molecule has 1 spiro atoms. The van der Waals surface area contributed by atoms with Crippen molar-refractivity contribution in [1.82, 2.24) is 9.80 Å². The Kier molecular flexibility index (Phi) is 4.21. The van der Waals surface area contributed by atoms with Gasteiger partial charge in [-0.1, -0.05) is 13.8 Å². The predicted molar refractivity (Wildman–Crippen MR) is 76.2 cm³/mol. The molecule has 2 aliphatic heterocycles. The lowest BCUT2D eigenvalue weighted by atomic mass is 9.82. The monoisotopic (exact) mass is 282 g/mol. The molecule has 0 aromatic heterocycles. The van der Waals surface area contributed by atoms with E-state index in [1.165, 1.54) is 6.92 Å². The van der Waals surface area contributed by atoms with E-state index in [0.29, 0.717) is 12.5 Å². The number of ketones is 1. The first-order chi connectivity index (χ1) is 9.29. The van der Waals surface area contributed by atoms with Crippen molar-refractivity contribution in [1.29, 1.82) is 0 Å². The van der Waals surface area contributed by atoms with Crippen LogP contribution in [-0.2, 0) is 9.59 Å². The summed E-state index contributed by atoms with van der Waals surface area (Å²) in [5.41, 5.74) is -0.396. The number of aliphatic hydroxyl groups excluding tert-OH is 1. The molecule has 0 saturated carbocycles. The normalized spacial score (nSPS) is 29.9. The standard InChI is InChI=1S/C15H26N2O3/c1-10(2)8-16-7-5-6-15(16)9-17(14(15)20)13(11(3)18)12(4)19/h10-11,13,18H,5-9H2,1-4H3/t11-,13+,15-/m1/s1. The minimum atomic E-state index is -0.811. The van der Waals surface area contributed by atoms with E-state index in [0.717, 1.165) is 25.9 Å².